The van der Waals surface area contributed by atoms with Crippen molar-refractivity contribution in [2.24, 2.45) is 5.73 Å². The van der Waals surface area contributed by atoms with Crippen LogP contribution in [0, 0.1) is 11.8 Å². The van der Waals surface area contributed by atoms with Gasteiger partial charge in [0.05, 0.1) is 65.1 Å². The monoisotopic (exact) mass is 565 g/mol. The predicted molar refractivity (Wildman–Crippen MR) is 158 cm³/mol. The molecule has 9 nitrogen and oxygen atoms in total. The van der Waals surface area contributed by atoms with Crippen LogP contribution in [0.2, 0.25) is 0 Å². The fraction of sp³-hybridized carbons (Fsp3) is 0.500. The Morgan fingerprint density at radius 3 is 2.07 bits per heavy atom. The summed E-state index contributed by atoms with van der Waals surface area (Å²) in [5.41, 5.74) is 9.06. The van der Waals surface area contributed by atoms with Crippen molar-refractivity contribution < 1.29 is 28.5 Å². The predicted octanol–water partition coefficient (Wildman–Crippen LogP) is 3.02. The molecule has 1 heterocycles. The lowest BCUT2D eigenvalue weighted by Crippen LogP contribution is -2.31. The van der Waals surface area contributed by atoms with E-state index in [2.05, 4.69) is 17.2 Å². The van der Waals surface area contributed by atoms with Gasteiger partial charge in [-0.25, -0.2) is 0 Å². The topological polar surface area (TPSA) is 112 Å². The summed E-state index contributed by atoms with van der Waals surface area (Å²) in [4.78, 5) is 27.1. The summed E-state index contributed by atoms with van der Waals surface area (Å²) in [7, 11) is 0. The van der Waals surface area contributed by atoms with Gasteiger partial charge in [0, 0.05) is 37.1 Å². The number of unbranched alkanes of at least 4 members (excludes halogenated alkanes) is 2. The molecule has 2 aromatic rings. The quantitative estimate of drug-likeness (QED) is 0.188. The molecule has 0 aromatic heterocycles. The number of carbonyl (C=O) groups excluding carboxylic acids is 2. The molecule has 1 aliphatic heterocycles. The van der Waals surface area contributed by atoms with E-state index in [1.807, 2.05) is 53.4 Å². The summed E-state index contributed by atoms with van der Waals surface area (Å²) in [6, 6.07) is 15.8. The van der Waals surface area contributed by atoms with E-state index in [0.717, 1.165) is 41.6 Å². The maximum Gasteiger partial charge on any atom is 0.227 e. The van der Waals surface area contributed by atoms with Crippen molar-refractivity contribution >= 4 is 17.5 Å². The summed E-state index contributed by atoms with van der Waals surface area (Å²) >= 11 is 0. The number of rotatable bonds is 20. The van der Waals surface area contributed by atoms with Gasteiger partial charge >= 0.3 is 0 Å². The normalized spacial score (nSPS) is 12.0. The van der Waals surface area contributed by atoms with Crippen LogP contribution in [0.5, 0.6) is 0 Å². The zero-order chi connectivity index (χ0) is 29.0. The highest BCUT2D eigenvalue weighted by molar-refractivity contribution is 5.95. The Morgan fingerprint density at radius 1 is 0.732 bits per heavy atom. The molecule has 2 amide bonds. The van der Waals surface area contributed by atoms with Gasteiger partial charge in [0.25, 0.3) is 0 Å². The van der Waals surface area contributed by atoms with Gasteiger partial charge in [-0.3, -0.25) is 9.59 Å². The van der Waals surface area contributed by atoms with Crippen LogP contribution in [0.3, 0.4) is 0 Å². The zero-order valence-electron chi connectivity index (χ0n) is 23.9. The number of nitrogens with one attached hydrogen (secondary N) is 1. The first-order chi connectivity index (χ1) is 20.2. The highest BCUT2D eigenvalue weighted by Crippen LogP contribution is 2.26. The van der Waals surface area contributed by atoms with E-state index in [4.69, 9.17) is 24.7 Å². The standard InChI is InChI=1S/C32H43N3O6/c33-16-19-39-21-23-41-25-24-40-22-20-38-18-15-31(36)34-17-7-1-2-12-32(37)35-26-29-10-4-3-8-27(29)13-14-28-9-5-6-11-30(28)35/h3-6,8-11H,1-2,7,12,15-26,33H2,(H,34,36). The number of anilines is 1. The Kier molecular flexibility index (Phi) is 15.5. The van der Waals surface area contributed by atoms with Crippen LogP contribution in [0.1, 0.15) is 48.8 Å². The van der Waals surface area contributed by atoms with Crippen molar-refractivity contribution in [2.75, 3.05) is 70.8 Å². The van der Waals surface area contributed by atoms with Gasteiger partial charge in [-0.05, 0) is 36.6 Å². The van der Waals surface area contributed by atoms with Crippen molar-refractivity contribution in [1.82, 2.24) is 5.32 Å². The van der Waals surface area contributed by atoms with Crippen LogP contribution in [0.25, 0.3) is 0 Å². The number of benzene rings is 2. The second-order valence-electron chi connectivity index (χ2n) is 9.55. The molecular formula is C32H43N3O6. The molecular weight excluding hydrogens is 522 g/mol. The molecule has 41 heavy (non-hydrogen) atoms. The number of hydrogen-bond acceptors (Lipinski definition) is 7. The average molecular weight is 566 g/mol. The number of ether oxygens (including phenoxy) is 4. The molecule has 0 bridgehead atoms. The molecule has 3 N–H and O–H groups in total. The molecule has 222 valence electrons. The summed E-state index contributed by atoms with van der Waals surface area (Å²) in [6.07, 6.45) is 3.19. The first-order valence-electron chi connectivity index (χ1n) is 14.5. The fourth-order valence-corrected chi connectivity index (χ4v) is 4.25. The first-order valence-corrected chi connectivity index (χ1v) is 14.5. The van der Waals surface area contributed by atoms with Crippen LogP contribution < -0.4 is 16.0 Å². The van der Waals surface area contributed by atoms with Crippen LogP contribution in [0.4, 0.5) is 5.69 Å². The van der Waals surface area contributed by atoms with E-state index in [-0.39, 0.29) is 11.8 Å². The maximum absolute atomic E-state index is 13.3. The molecule has 0 radical (unpaired) electrons. The first kappa shape index (κ1) is 32.3. The molecule has 0 fully saturated rings. The Balaban J connectivity index is 1.22. The van der Waals surface area contributed by atoms with E-state index in [9.17, 15) is 9.59 Å². The lowest BCUT2D eigenvalue weighted by molar-refractivity contribution is -0.122. The lowest BCUT2D eigenvalue weighted by atomic mass is 10.0. The van der Waals surface area contributed by atoms with E-state index < -0.39 is 0 Å². The Bertz CT molecular complexity index is 1130. The average Bonchev–Trinajstić information content (AvgIpc) is 2.98. The van der Waals surface area contributed by atoms with Crippen LogP contribution in [-0.4, -0.2) is 77.8 Å². The van der Waals surface area contributed by atoms with E-state index in [1.165, 1.54) is 0 Å². The second kappa shape index (κ2) is 19.8. The van der Waals surface area contributed by atoms with Gasteiger partial charge in [-0.15, -0.1) is 0 Å². The zero-order valence-corrected chi connectivity index (χ0v) is 23.9. The van der Waals surface area contributed by atoms with Gasteiger partial charge in [-0.1, -0.05) is 48.6 Å². The highest BCUT2D eigenvalue weighted by Gasteiger charge is 2.20. The number of nitrogens with two attached hydrogens (primary N) is 1. The largest absolute Gasteiger partial charge is 0.379 e. The second-order valence-corrected chi connectivity index (χ2v) is 9.55. The van der Waals surface area contributed by atoms with Crippen molar-refractivity contribution in [3.63, 3.8) is 0 Å². The molecule has 0 saturated carbocycles. The third-order valence-corrected chi connectivity index (χ3v) is 6.41. The van der Waals surface area contributed by atoms with Crippen molar-refractivity contribution in [1.29, 1.82) is 0 Å². The smallest absolute Gasteiger partial charge is 0.227 e. The Morgan fingerprint density at radius 2 is 1.34 bits per heavy atom. The van der Waals surface area contributed by atoms with Crippen LogP contribution >= 0.6 is 0 Å². The van der Waals surface area contributed by atoms with E-state index in [1.54, 1.807) is 0 Å². The molecule has 0 atom stereocenters. The number of carbonyl (C=O) groups is 2. The minimum Gasteiger partial charge on any atom is -0.379 e. The summed E-state index contributed by atoms with van der Waals surface area (Å²) < 4.78 is 21.5. The number of para-hydroxylation sites is 1. The summed E-state index contributed by atoms with van der Waals surface area (Å²) in [6.45, 7) is 5.42. The SMILES string of the molecule is NCCOCCOCCOCCOCCC(=O)NCCCCCC(=O)N1Cc2ccccc2C#Cc2ccccc21. The molecule has 9 heteroatoms. The molecule has 2 aromatic carbocycles. The third kappa shape index (κ3) is 12.4. The number of nitrogens with zero attached hydrogens (tertiary/aromatic N) is 1. The summed E-state index contributed by atoms with van der Waals surface area (Å²) in [5, 5.41) is 2.92. The molecule has 0 spiro atoms. The van der Waals surface area contributed by atoms with E-state index in [0.29, 0.717) is 85.3 Å². The number of fused-ring (bicyclic) bond motifs is 2. The maximum atomic E-state index is 13.3. The number of hydrogen-bond donors (Lipinski definition) is 2. The molecule has 3 rings (SSSR count). The van der Waals surface area contributed by atoms with Gasteiger partial charge in [0.1, 0.15) is 0 Å². The lowest BCUT2D eigenvalue weighted by Gasteiger charge is -2.26. The van der Waals surface area contributed by atoms with Gasteiger partial charge in [0.2, 0.25) is 11.8 Å². The minimum atomic E-state index is -0.0377. The van der Waals surface area contributed by atoms with Gasteiger partial charge in [-0.2, -0.15) is 0 Å². The summed E-state index contributed by atoms with van der Waals surface area (Å²) in [5.74, 6) is 6.52. The molecule has 0 aliphatic carbocycles. The van der Waals surface area contributed by atoms with Crippen LogP contribution in [-0.2, 0) is 35.1 Å². The van der Waals surface area contributed by atoms with Crippen molar-refractivity contribution in [3.05, 3.63) is 65.2 Å². The van der Waals surface area contributed by atoms with Crippen LogP contribution in [0.15, 0.2) is 48.5 Å². The number of amides is 2. The molecule has 1 aliphatic rings. The van der Waals surface area contributed by atoms with Crippen molar-refractivity contribution in [3.8, 4) is 11.8 Å². The minimum absolute atomic E-state index is 0.0377. The molecule has 0 saturated heterocycles. The Labute approximate surface area is 243 Å². The van der Waals surface area contributed by atoms with Gasteiger partial charge < -0.3 is 34.9 Å². The van der Waals surface area contributed by atoms with Crippen molar-refractivity contribution in [2.45, 2.75) is 38.6 Å². The third-order valence-electron chi connectivity index (χ3n) is 6.41. The fourth-order valence-electron chi connectivity index (χ4n) is 4.25. The van der Waals surface area contributed by atoms with Gasteiger partial charge in [0.15, 0.2) is 0 Å². The van der Waals surface area contributed by atoms with E-state index >= 15 is 0 Å². The Hall–Kier alpha value is -3.26. The molecule has 0 unspecified atom stereocenters. The highest BCUT2D eigenvalue weighted by atomic mass is 16.6.